The average molecular weight is 333 g/mol. The normalized spacial score (nSPS) is 28.2. The molecular weight excluding hydrogens is 306 g/mol. The van der Waals surface area contributed by atoms with Gasteiger partial charge in [0.2, 0.25) is 5.95 Å². The molecule has 132 valence electrons. The number of primary amides is 1. The van der Waals surface area contributed by atoms with Crippen LogP contribution >= 0.6 is 0 Å². The maximum absolute atomic E-state index is 11.7. The molecule has 0 unspecified atom stereocenters. The second-order valence-corrected chi connectivity index (χ2v) is 7.29. The first-order valence-corrected chi connectivity index (χ1v) is 8.82. The van der Waals surface area contributed by atoms with E-state index in [0.29, 0.717) is 36.1 Å². The molecule has 0 spiro atoms. The van der Waals surface area contributed by atoms with Crippen LogP contribution in [0.2, 0.25) is 0 Å². The second kappa shape index (κ2) is 6.93. The van der Waals surface area contributed by atoms with Crippen LogP contribution in [0, 0.1) is 11.8 Å². The predicted octanol–water partition coefficient (Wildman–Crippen LogP) is 1.75. The van der Waals surface area contributed by atoms with Crippen molar-refractivity contribution in [2.24, 2.45) is 17.6 Å². The predicted molar refractivity (Wildman–Crippen MR) is 92.8 cm³/mol. The molecule has 0 aliphatic heterocycles. The molecule has 0 aromatic carbocycles. The van der Waals surface area contributed by atoms with E-state index in [2.05, 4.69) is 34.4 Å². The minimum absolute atomic E-state index is 0.0814. The van der Waals surface area contributed by atoms with Gasteiger partial charge in [-0.3, -0.25) is 4.79 Å². The molecule has 0 bridgehead atoms. The van der Waals surface area contributed by atoms with Crippen molar-refractivity contribution in [3.05, 3.63) is 11.8 Å². The van der Waals surface area contributed by atoms with Crippen molar-refractivity contribution in [1.29, 1.82) is 0 Å². The van der Waals surface area contributed by atoms with Gasteiger partial charge in [-0.2, -0.15) is 4.98 Å². The minimum atomic E-state index is -0.552. The van der Waals surface area contributed by atoms with E-state index >= 15 is 0 Å². The Kier molecular flexibility index (Phi) is 4.89. The Hall–Kier alpha value is -1.89. The fraction of sp³-hybridized carbons (Fsp3) is 0.706. The third-order valence-electron chi connectivity index (χ3n) is 5.23. The zero-order valence-corrected chi connectivity index (χ0v) is 14.3. The molecule has 7 heteroatoms. The van der Waals surface area contributed by atoms with Gasteiger partial charge < -0.3 is 21.5 Å². The Morgan fingerprint density at radius 2 is 2.12 bits per heavy atom. The molecule has 2 fully saturated rings. The molecule has 0 saturated heterocycles. The van der Waals surface area contributed by atoms with Gasteiger partial charge in [-0.15, -0.1) is 0 Å². The van der Waals surface area contributed by atoms with Crippen molar-refractivity contribution in [3.8, 4) is 0 Å². The van der Waals surface area contributed by atoms with E-state index in [1.165, 1.54) is 19.0 Å². The van der Waals surface area contributed by atoms with Crippen LogP contribution in [0.25, 0.3) is 0 Å². The van der Waals surface area contributed by atoms with E-state index in [9.17, 15) is 9.90 Å². The number of anilines is 2. The Bertz CT molecular complexity index is 605. The first kappa shape index (κ1) is 17.0. The minimum Gasteiger partial charge on any atom is -0.393 e. The van der Waals surface area contributed by atoms with Crippen LogP contribution in [0.5, 0.6) is 0 Å². The highest BCUT2D eigenvalue weighted by Gasteiger charge is 2.29. The molecule has 2 saturated carbocycles. The lowest BCUT2D eigenvalue weighted by Crippen LogP contribution is -2.35. The van der Waals surface area contributed by atoms with Crippen molar-refractivity contribution in [2.75, 3.05) is 10.6 Å². The summed E-state index contributed by atoms with van der Waals surface area (Å²) in [6.07, 6.45) is 6.13. The van der Waals surface area contributed by atoms with Gasteiger partial charge in [0.1, 0.15) is 5.82 Å². The number of nitrogens with one attached hydrogen (secondary N) is 2. The number of aliphatic hydroxyl groups excluding tert-OH is 1. The van der Waals surface area contributed by atoms with Gasteiger partial charge in [-0.1, -0.05) is 6.92 Å². The lowest BCUT2D eigenvalue weighted by molar-refractivity contribution is 0.0739. The van der Waals surface area contributed by atoms with E-state index in [0.717, 1.165) is 12.8 Å². The summed E-state index contributed by atoms with van der Waals surface area (Å²) in [6, 6.07) is 0.396. The third kappa shape index (κ3) is 3.95. The number of aromatic nitrogens is 2. The van der Waals surface area contributed by atoms with Crippen LogP contribution in [0.4, 0.5) is 11.8 Å². The maximum atomic E-state index is 11.7. The monoisotopic (exact) mass is 333 g/mol. The van der Waals surface area contributed by atoms with Crippen molar-refractivity contribution < 1.29 is 9.90 Å². The number of carbonyl (C=O) groups is 1. The third-order valence-corrected chi connectivity index (χ3v) is 5.23. The molecule has 0 radical (unpaired) electrons. The number of nitrogens with two attached hydrogens (primary N) is 1. The highest BCUT2D eigenvalue weighted by atomic mass is 16.3. The van der Waals surface area contributed by atoms with Crippen LogP contribution in [-0.2, 0) is 0 Å². The van der Waals surface area contributed by atoms with Crippen molar-refractivity contribution >= 4 is 17.7 Å². The largest absolute Gasteiger partial charge is 0.393 e. The zero-order chi connectivity index (χ0) is 17.3. The Balaban J connectivity index is 1.74. The van der Waals surface area contributed by atoms with E-state index in [1.807, 2.05) is 0 Å². The number of rotatable bonds is 6. The summed E-state index contributed by atoms with van der Waals surface area (Å²) in [5, 5.41) is 16.7. The topological polar surface area (TPSA) is 113 Å². The zero-order valence-electron chi connectivity index (χ0n) is 14.3. The number of nitrogens with zero attached hydrogens (tertiary/aromatic N) is 2. The van der Waals surface area contributed by atoms with Crippen LogP contribution in [0.3, 0.4) is 0 Å². The van der Waals surface area contributed by atoms with Crippen molar-refractivity contribution in [1.82, 2.24) is 9.97 Å². The number of amides is 1. The highest BCUT2D eigenvalue weighted by Crippen LogP contribution is 2.33. The summed E-state index contributed by atoms with van der Waals surface area (Å²) >= 11 is 0. The van der Waals surface area contributed by atoms with Gasteiger partial charge in [0.15, 0.2) is 0 Å². The molecule has 1 amide bonds. The molecule has 2 aliphatic rings. The molecule has 1 aromatic heterocycles. The molecule has 24 heavy (non-hydrogen) atoms. The Morgan fingerprint density at radius 3 is 2.75 bits per heavy atom. The van der Waals surface area contributed by atoms with E-state index in [1.54, 1.807) is 0 Å². The molecule has 5 N–H and O–H groups in total. The van der Waals surface area contributed by atoms with Crippen molar-refractivity contribution in [3.63, 3.8) is 0 Å². The molecular formula is C17H27N5O2. The van der Waals surface area contributed by atoms with Crippen LogP contribution < -0.4 is 16.4 Å². The highest BCUT2D eigenvalue weighted by molar-refractivity contribution is 5.97. The van der Waals surface area contributed by atoms with Gasteiger partial charge >= 0.3 is 0 Å². The van der Waals surface area contributed by atoms with Gasteiger partial charge in [0.25, 0.3) is 5.91 Å². The standard InChI is InChI=1S/C17H27N5O2/c1-9-3-6-12(7-14(9)23)21-16-13(15(18)24)8-19-17(22-16)20-10(2)11-4-5-11/h8-12,14,23H,3-7H2,1-2H3,(H2,18,24)(H2,19,20,21,22)/t9-,10-,12-,14-/m1/s1. The second-order valence-electron chi connectivity index (χ2n) is 7.29. The molecule has 7 nitrogen and oxygen atoms in total. The van der Waals surface area contributed by atoms with Gasteiger partial charge in [0, 0.05) is 18.3 Å². The first-order chi connectivity index (χ1) is 11.4. The summed E-state index contributed by atoms with van der Waals surface area (Å²) in [7, 11) is 0. The maximum Gasteiger partial charge on any atom is 0.254 e. The van der Waals surface area contributed by atoms with E-state index in [4.69, 9.17) is 5.73 Å². The molecule has 1 heterocycles. The van der Waals surface area contributed by atoms with Gasteiger partial charge in [-0.25, -0.2) is 4.98 Å². The molecule has 4 atom stereocenters. The van der Waals surface area contributed by atoms with Crippen LogP contribution in [-0.4, -0.2) is 39.2 Å². The summed E-state index contributed by atoms with van der Waals surface area (Å²) in [5.74, 6) is 1.39. The summed E-state index contributed by atoms with van der Waals surface area (Å²) < 4.78 is 0. The van der Waals surface area contributed by atoms with Gasteiger partial charge in [0.05, 0.1) is 11.7 Å². The van der Waals surface area contributed by atoms with Crippen LogP contribution in [0.1, 0.15) is 56.3 Å². The first-order valence-electron chi connectivity index (χ1n) is 8.82. The van der Waals surface area contributed by atoms with E-state index < -0.39 is 5.91 Å². The van der Waals surface area contributed by atoms with Gasteiger partial charge in [-0.05, 0) is 50.9 Å². The number of hydrogen-bond donors (Lipinski definition) is 4. The molecule has 3 rings (SSSR count). The fourth-order valence-corrected chi connectivity index (χ4v) is 3.28. The Morgan fingerprint density at radius 1 is 1.38 bits per heavy atom. The molecule has 1 aromatic rings. The quantitative estimate of drug-likeness (QED) is 0.631. The number of hydrogen-bond acceptors (Lipinski definition) is 6. The summed E-state index contributed by atoms with van der Waals surface area (Å²) in [6.45, 7) is 4.18. The SMILES string of the molecule is C[C@@H]1CC[C@@H](Nc2nc(N[C@H](C)C3CC3)ncc2C(N)=O)C[C@H]1O. The lowest BCUT2D eigenvalue weighted by Gasteiger charge is -2.32. The lowest BCUT2D eigenvalue weighted by atomic mass is 9.85. The average Bonchev–Trinajstić information content (AvgIpc) is 3.36. The summed E-state index contributed by atoms with van der Waals surface area (Å²) in [4.78, 5) is 20.3. The number of aliphatic hydroxyl groups is 1. The van der Waals surface area contributed by atoms with E-state index in [-0.39, 0.29) is 17.7 Å². The summed E-state index contributed by atoms with van der Waals surface area (Å²) in [5.41, 5.74) is 5.73. The Labute approximate surface area is 142 Å². The fourth-order valence-electron chi connectivity index (χ4n) is 3.28. The number of carbonyl (C=O) groups excluding carboxylic acids is 1. The smallest absolute Gasteiger partial charge is 0.254 e. The van der Waals surface area contributed by atoms with Crippen LogP contribution in [0.15, 0.2) is 6.20 Å². The van der Waals surface area contributed by atoms with Crippen molar-refractivity contribution in [2.45, 2.75) is 64.1 Å². The molecule has 2 aliphatic carbocycles.